The van der Waals surface area contributed by atoms with Crippen LogP contribution in [0.3, 0.4) is 0 Å². The van der Waals surface area contributed by atoms with Crippen LogP contribution < -0.4 is 4.74 Å². The molecule has 0 aliphatic carbocycles. The van der Waals surface area contributed by atoms with Crippen molar-refractivity contribution in [3.63, 3.8) is 0 Å². The van der Waals surface area contributed by atoms with E-state index in [1.165, 1.54) is 7.11 Å². The summed E-state index contributed by atoms with van der Waals surface area (Å²) in [6.07, 6.45) is 1.23. The van der Waals surface area contributed by atoms with Gasteiger partial charge in [-0.05, 0) is 30.7 Å². The second-order valence-electron chi connectivity index (χ2n) is 3.87. The number of rotatable bonds is 7. The lowest BCUT2D eigenvalue weighted by molar-refractivity contribution is -0.140. The molecule has 0 spiro atoms. The molecule has 0 aliphatic rings. The van der Waals surface area contributed by atoms with Crippen molar-refractivity contribution in [1.82, 2.24) is 0 Å². The molecule has 1 aromatic carbocycles. The fourth-order valence-corrected chi connectivity index (χ4v) is 1.42. The maximum atomic E-state index is 11.7. The number of carbonyl (C=O) groups is 2. The van der Waals surface area contributed by atoms with E-state index in [9.17, 15) is 9.59 Å². The highest BCUT2D eigenvalue weighted by Crippen LogP contribution is 2.14. The van der Waals surface area contributed by atoms with Gasteiger partial charge >= 0.3 is 5.97 Å². The number of ether oxygens (including phenoxy) is 2. The lowest BCUT2D eigenvalue weighted by atomic mass is 10.1. The molecule has 0 heterocycles. The van der Waals surface area contributed by atoms with E-state index in [-0.39, 0.29) is 24.6 Å². The number of methoxy groups -OCH3 is 1. The van der Waals surface area contributed by atoms with Crippen molar-refractivity contribution in [3.05, 3.63) is 29.8 Å². The quantitative estimate of drug-likeness (QED) is 0.551. The molecule has 0 fully saturated rings. The minimum absolute atomic E-state index is 0.0672. The van der Waals surface area contributed by atoms with Gasteiger partial charge in [0.25, 0.3) is 0 Å². The molecule has 4 nitrogen and oxygen atoms in total. The predicted molar refractivity (Wildman–Crippen MR) is 67.8 cm³/mol. The number of ketones is 1. The Morgan fingerprint density at radius 2 is 1.78 bits per heavy atom. The van der Waals surface area contributed by atoms with Gasteiger partial charge in [-0.15, -0.1) is 0 Å². The SMILES string of the molecule is CCCOc1ccc(C(=O)CCC(=O)OC)cc1. The highest BCUT2D eigenvalue weighted by atomic mass is 16.5. The molecule has 0 amide bonds. The molecule has 1 rings (SSSR count). The fraction of sp³-hybridized carbons (Fsp3) is 0.429. The minimum Gasteiger partial charge on any atom is -0.494 e. The molecule has 0 aliphatic heterocycles. The van der Waals surface area contributed by atoms with Crippen LogP contribution in [-0.4, -0.2) is 25.5 Å². The van der Waals surface area contributed by atoms with Crippen molar-refractivity contribution < 1.29 is 19.1 Å². The Morgan fingerprint density at radius 1 is 1.11 bits per heavy atom. The van der Waals surface area contributed by atoms with E-state index >= 15 is 0 Å². The van der Waals surface area contributed by atoms with Gasteiger partial charge in [0.05, 0.1) is 20.1 Å². The second kappa shape index (κ2) is 7.48. The van der Waals surface area contributed by atoms with Crippen LogP contribution in [0.5, 0.6) is 5.75 Å². The first-order chi connectivity index (χ1) is 8.67. The smallest absolute Gasteiger partial charge is 0.305 e. The largest absolute Gasteiger partial charge is 0.494 e. The summed E-state index contributed by atoms with van der Waals surface area (Å²) < 4.78 is 9.91. The summed E-state index contributed by atoms with van der Waals surface area (Å²) in [5.74, 6) is 0.315. The third kappa shape index (κ3) is 4.57. The molecule has 4 heteroatoms. The average molecular weight is 250 g/mol. The van der Waals surface area contributed by atoms with Gasteiger partial charge in [-0.25, -0.2) is 0 Å². The number of Topliss-reactive ketones (excluding diaryl/α,β-unsaturated/α-hetero) is 1. The summed E-state index contributed by atoms with van der Waals surface area (Å²) in [6.45, 7) is 2.69. The lowest BCUT2D eigenvalue weighted by Crippen LogP contribution is -2.06. The van der Waals surface area contributed by atoms with Gasteiger partial charge in [0.2, 0.25) is 0 Å². The number of hydrogen-bond acceptors (Lipinski definition) is 4. The molecule has 98 valence electrons. The van der Waals surface area contributed by atoms with Crippen molar-refractivity contribution >= 4 is 11.8 Å². The Labute approximate surface area is 107 Å². The highest BCUT2D eigenvalue weighted by molar-refractivity contribution is 5.97. The summed E-state index contributed by atoms with van der Waals surface area (Å²) in [5.41, 5.74) is 0.586. The van der Waals surface area contributed by atoms with Crippen LogP contribution in [0.2, 0.25) is 0 Å². The normalized spacial score (nSPS) is 9.89. The zero-order chi connectivity index (χ0) is 13.4. The van der Waals surface area contributed by atoms with Gasteiger partial charge in [-0.1, -0.05) is 6.92 Å². The molecule has 0 aromatic heterocycles. The average Bonchev–Trinajstić information content (AvgIpc) is 2.42. The van der Waals surface area contributed by atoms with Gasteiger partial charge in [0.1, 0.15) is 5.75 Å². The van der Waals surface area contributed by atoms with E-state index < -0.39 is 0 Å². The van der Waals surface area contributed by atoms with Gasteiger partial charge in [0.15, 0.2) is 5.78 Å². The molecule has 18 heavy (non-hydrogen) atoms. The molecule has 1 aromatic rings. The second-order valence-corrected chi connectivity index (χ2v) is 3.87. The molecule has 0 bridgehead atoms. The molecule has 0 saturated carbocycles. The zero-order valence-corrected chi connectivity index (χ0v) is 10.8. The van der Waals surface area contributed by atoms with Crippen LogP contribution in [-0.2, 0) is 9.53 Å². The van der Waals surface area contributed by atoms with Crippen LogP contribution in [0.25, 0.3) is 0 Å². The fourth-order valence-electron chi connectivity index (χ4n) is 1.42. The third-order valence-corrected chi connectivity index (χ3v) is 2.43. The highest BCUT2D eigenvalue weighted by Gasteiger charge is 2.09. The number of benzene rings is 1. The molecule has 0 atom stereocenters. The predicted octanol–water partition coefficient (Wildman–Crippen LogP) is 2.61. The number of carbonyl (C=O) groups excluding carboxylic acids is 2. The molecule has 0 N–H and O–H groups in total. The molecule has 0 unspecified atom stereocenters. The maximum absolute atomic E-state index is 11.7. The Hall–Kier alpha value is -1.84. The monoisotopic (exact) mass is 250 g/mol. The molecular formula is C14H18O4. The maximum Gasteiger partial charge on any atom is 0.305 e. The number of hydrogen-bond donors (Lipinski definition) is 0. The Kier molecular flexibility index (Phi) is 5.91. The van der Waals surface area contributed by atoms with E-state index in [4.69, 9.17) is 4.74 Å². The first kappa shape index (κ1) is 14.2. The van der Waals surface area contributed by atoms with Crippen LogP contribution >= 0.6 is 0 Å². The summed E-state index contributed by atoms with van der Waals surface area (Å²) in [7, 11) is 1.31. The Morgan fingerprint density at radius 3 is 2.33 bits per heavy atom. The van der Waals surface area contributed by atoms with Crippen molar-refractivity contribution in [3.8, 4) is 5.75 Å². The molecule has 0 radical (unpaired) electrons. The van der Waals surface area contributed by atoms with Crippen molar-refractivity contribution in [1.29, 1.82) is 0 Å². The van der Waals surface area contributed by atoms with Gasteiger partial charge < -0.3 is 9.47 Å². The topological polar surface area (TPSA) is 52.6 Å². The van der Waals surface area contributed by atoms with E-state index in [0.717, 1.165) is 12.2 Å². The van der Waals surface area contributed by atoms with E-state index in [1.807, 2.05) is 6.92 Å². The lowest BCUT2D eigenvalue weighted by Gasteiger charge is -2.05. The van der Waals surface area contributed by atoms with Gasteiger partial charge in [-0.2, -0.15) is 0 Å². The van der Waals surface area contributed by atoms with Crippen LogP contribution in [0.4, 0.5) is 0 Å². The Balaban J connectivity index is 2.51. The van der Waals surface area contributed by atoms with Crippen LogP contribution in [0.1, 0.15) is 36.5 Å². The standard InChI is InChI=1S/C14H18O4/c1-3-10-18-12-6-4-11(5-7-12)13(15)8-9-14(16)17-2/h4-7H,3,8-10H2,1-2H3. The first-order valence-electron chi connectivity index (χ1n) is 6.00. The van der Waals surface area contributed by atoms with Crippen LogP contribution in [0, 0.1) is 0 Å². The van der Waals surface area contributed by atoms with E-state index in [2.05, 4.69) is 4.74 Å². The van der Waals surface area contributed by atoms with Crippen LogP contribution in [0.15, 0.2) is 24.3 Å². The summed E-state index contributed by atoms with van der Waals surface area (Å²) in [6, 6.07) is 6.96. The van der Waals surface area contributed by atoms with Crippen molar-refractivity contribution in [2.45, 2.75) is 26.2 Å². The minimum atomic E-state index is -0.369. The first-order valence-corrected chi connectivity index (χ1v) is 6.00. The zero-order valence-electron chi connectivity index (χ0n) is 10.8. The van der Waals surface area contributed by atoms with Crippen molar-refractivity contribution in [2.24, 2.45) is 0 Å². The summed E-state index contributed by atoms with van der Waals surface area (Å²) >= 11 is 0. The molecular weight excluding hydrogens is 232 g/mol. The van der Waals surface area contributed by atoms with E-state index in [1.54, 1.807) is 24.3 Å². The molecule has 0 saturated heterocycles. The Bertz CT molecular complexity index is 395. The van der Waals surface area contributed by atoms with Crippen molar-refractivity contribution in [2.75, 3.05) is 13.7 Å². The summed E-state index contributed by atoms with van der Waals surface area (Å²) in [4.78, 5) is 22.7. The summed E-state index contributed by atoms with van der Waals surface area (Å²) in [5, 5.41) is 0. The third-order valence-electron chi connectivity index (χ3n) is 2.43. The number of esters is 1. The van der Waals surface area contributed by atoms with Gasteiger partial charge in [-0.3, -0.25) is 9.59 Å². The van der Waals surface area contributed by atoms with Gasteiger partial charge in [0, 0.05) is 12.0 Å². The van der Waals surface area contributed by atoms with E-state index in [0.29, 0.717) is 12.2 Å².